The lowest BCUT2D eigenvalue weighted by molar-refractivity contribution is -0.123. The molecule has 0 aliphatic rings. The lowest BCUT2D eigenvalue weighted by Gasteiger charge is -2.13. The number of hydrogen-bond donors (Lipinski definition) is 2. The van der Waals surface area contributed by atoms with Crippen LogP contribution in [-0.4, -0.2) is 38.1 Å². The van der Waals surface area contributed by atoms with Crippen LogP contribution in [0.1, 0.15) is 16.1 Å². The number of aromatic nitrogens is 4. The van der Waals surface area contributed by atoms with Gasteiger partial charge in [0, 0.05) is 43.3 Å². The molecule has 0 saturated heterocycles. The van der Waals surface area contributed by atoms with E-state index in [2.05, 4.69) is 20.3 Å². The van der Waals surface area contributed by atoms with Crippen LogP contribution in [0.4, 0.5) is 29.2 Å². The number of imidazole rings is 1. The van der Waals surface area contributed by atoms with E-state index in [1.165, 1.54) is 30.6 Å². The fraction of sp³-hybridized carbons (Fsp3) is 0.143. The van der Waals surface area contributed by atoms with Crippen LogP contribution in [0.3, 0.4) is 0 Å². The summed E-state index contributed by atoms with van der Waals surface area (Å²) in [6.07, 6.45) is -1.84. The molecular weight excluding hydrogens is 528 g/mol. The summed E-state index contributed by atoms with van der Waals surface area (Å²) in [5.74, 6) is -0.340. The Labute approximate surface area is 225 Å². The number of pyridine rings is 2. The van der Waals surface area contributed by atoms with Crippen LogP contribution >= 0.6 is 0 Å². The van der Waals surface area contributed by atoms with Crippen molar-refractivity contribution in [3.8, 4) is 22.6 Å². The average Bonchev–Trinajstić information content (AvgIpc) is 3.22. The van der Waals surface area contributed by atoms with Gasteiger partial charge in [-0.05, 0) is 53.9 Å². The van der Waals surface area contributed by atoms with Crippen LogP contribution in [0.2, 0.25) is 0 Å². The van der Waals surface area contributed by atoms with Gasteiger partial charge in [-0.3, -0.25) is 9.78 Å². The highest BCUT2D eigenvalue weighted by molar-refractivity contribution is 5.92. The third kappa shape index (κ3) is 5.85. The van der Waals surface area contributed by atoms with E-state index in [0.29, 0.717) is 22.8 Å². The maximum absolute atomic E-state index is 13.7. The van der Waals surface area contributed by atoms with Crippen molar-refractivity contribution in [1.29, 1.82) is 0 Å². The van der Waals surface area contributed by atoms with Gasteiger partial charge in [0.25, 0.3) is 5.91 Å². The number of hydrogen-bond acceptors (Lipinski definition) is 6. The minimum atomic E-state index is -4.53. The first kappa shape index (κ1) is 26.6. The zero-order chi connectivity index (χ0) is 28.4. The molecular formula is C28H22F4N6O2. The molecule has 1 amide bonds. The number of amides is 1. The van der Waals surface area contributed by atoms with E-state index in [9.17, 15) is 22.4 Å². The van der Waals surface area contributed by atoms with Crippen LogP contribution < -0.4 is 15.4 Å². The molecule has 0 bridgehead atoms. The van der Waals surface area contributed by atoms with Crippen molar-refractivity contribution >= 4 is 28.6 Å². The molecule has 204 valence electrons. The van der Waals surface area contributed by atoms with E-state index in [4.69, 9.17) is 4.74 Å². The minimum Gasteiger partial charge on any atom is -0.457 e. The molecule has 2 aromatic carbocycles. The van der Waals surface area contributed by atoms with Gasteiger partial charge in [-0.15, -0.1) is 0 Å². The maximum Gasteiger partial charge on any atom is 0.405 e. The Morgan fingerprint density at radius 1 is 1.00 bits per heavy atom. The quantitative estimate of drug-likeness (QED) is 0.182. The Balaban J connectivity index is 1.36. The molecule has 3 heterocycles. The Morgan fingerprint density at radius 2 is 1.77 bits per heavy atom. The van der Waals surface area contributed by atoms with Gasteiger partial charge in [-0.25, -0.2) is 9.97 Å². The minimum absolute atomic E-state index is 0.209. The average molecular weight is 551 g/mol. The molecule has 12 heteroatoms. The van der Waals surface area contributed by atoms with Gasteiger partial charge in [-0.2, -0.15) is 17.6 Å². The zero-order valence-corrected chi connectivity index (χ0v) is 21.3. The fourth-order valence-corrected chi connectivity index (χ4v) is 4.14. The second kappa shape index (κ2) is 10.6. The van der Waals surface area contributed by atoms with Crippen molar-refractivity contribution in [1.82, 2.24) is 24.8 Å². The van der Waals surface area contributed by atoms with Crippen molar-refractivity contribution in [2.45, 2.75) is 13.1 Å². The Morgan fingerprint density at radius 3 is 2.55 bits per heavy atom. The highest BCUT2D eigenvalue weighted by Gasteiger charge is 2.28. The van der Waals surface area contributed by atoms with Gasteiger partial charge in [0.2, 0.25) is 11.9 Å². The number of benzene rings is 2. The predicted molar refractivity (Wildman–Crippen MR) is 141 cm³/mol. The second-order valence-corrected chi connectivity index (χ2v) is 8.89. The summed E-state index contributed by atoms with van der Waals surface area (Å²) in [6, 6.07) is 16.7. The summed E-state index contributed by atoms with van der Waals surface area (Å²) in [7, 11) is 1.85. The highest BCUT2D eigenvalue weighted by atomic mass is 19.4. The van der Waals surface area contributed by atoms with Crippen LogP contribution in [0.5, 0.6) is 11.5 Å². The van der Waals surface area contributed by atoms with Crippen LogP contribution in [0, 0.1) is 12.9 Å². The SMILES string of the molecule is Cc1c(Nc2nc3cc(Oc4ccnc(C(=O)NCC(F)(F)F)c4)ccc3n2C)cccc1-c1ccnc(F)c1. The molecule has 0 radical (unpaired) electrons. The number of rotatable bonds is 7. The van der Waals surface area contributed by atoms with Gasteiger partial charge in [0.15, 0.2) is 0 Å². The molecule has 0 fully saturated rings. The number of carbonyl (C=O) groups excluding carboxylic acids is 1. The summed E-state index contributed by atoms with van der Waals surface area (Å²) in [5, 5.41) is 5.12. The molecule has 0 spiro atoms. The number of carbonyl (C=O) groups is 1. The van der Waals surface area contributed by atoms with E-state index in [1.807, 2.05) is 42.8 Å². The Hall–Kier alpha value is -5.00. The summed E-state index contributed by atoms with van der Waals surface area (Å²) in [4.78, 5) is 24.1. The topological polar surface area (TPSA) is 94.0 Å². The van der Waals surface area contributed by atoms with Crippen molar-refractivity contribution in [3.05, 3.63) is 90.3 Å². The standard InChI is InChI=1S/C28H22F4N6O2/c1-16-20(17-8-10-34-25(29)12-17)4-3-5-21(16)36-27-37-22-13-18(6-7-24(22)38(27)2)40-19-9-11-33-23(14-19)26(39)35-15-28(30,31)32/h3-14H,15H2,1-2H3,(H,35,39)(H,36,37). The first-order chi connectivity index (χ1) is 19.1. The monoisotopic (exact) mass is 550 g/mol. The van der Waals surface area contributed by atoms with Crippen molar-refractivity contribution in [3.63, 3.8) is 0 Å². The summed E-state index contributed by atoms with van der Waals surface area (Å²) in [5.41, 5.74) is 4.46. The number of alkyl halides is 3. The molecule has 2 N–H and O–H groups in total. The molecule has 0 aliphatic heterocycles. The first-order valence-corrected chi connectivity index (χ1v) is 12.0. The largest absolute Gasteiger partial charge is 0.457 e. The van der Waals surface area contributed by atoms with E-state index >= 15 is 0 Å². The van der Waals surface area contributed by atoms with Crippen LogP contribution in [0.15, 0.2) is 73.1 Å². The van der Waals surface area contributed by atoms with Gasteiger partial charge < -0.3 is 19.9 Å². The normalized spacial score (nSPS) is 11.4. The third-order valence-electron chi connectivity index (χ3n) is 6.12. The zero-order valence-electron chi connectivity index (χ0n) is 21.3. The molecule has 5 aromatic rings. The number of nitrogens with zero attached hydrogens (tertiary/aromatic N) is 4. The van der Waals surface area contributed by atoms with E-state index in [-0.39, 0.29) is 11.4 Å². The number of fused-ring (bicyclic) bond motifs is 1. The smallest absolute Gasteiger partial charge is 0.405 e. The summed E-state index contributed by atoms with van der Waals surface area (Å²) in [6.45, 7) is 0.467. The lowest BCUT2D eigenvalue weighted by Crippen LogP contribution is -2.34. The maximum atomic E-state index is 13.7. The molecule has 0 unspecified atom stereocenters. The van der Waals surface area contributed by atoms with Gasteiger partial charge in [-0.1, -0.05) is 12.1 Å². The van der Waals surface area contributed by atoms with E-state index in [1.54, 1.807) is 23.5 Å². The Bertz CT molecular complexity index is 1720. The number of anilines is 2. The van der Waals surface area contributed by atoms with Crippen molar-refractivity contribution in [2.75, 3.05) is 11.9 Å². The number of ether oxygens (including phenoxy) is 1. The molecule has 5 rings (SSSR count). The lowest BCUT2D eigenvalue weighted by atomic mass is 10.00. The molecule has 3 aromatic heterocycles. The van der Waals surface area contributed by atoms with E-state index in [0.717, 1.165) is 22.3 Å². The molecule has 40 heavy (non-hydrogen) atoms. The van der Waals surface area contributed by atoms with Crippen molar-refractivity contribution in [2.24, 2.45) is 7.05 Å². The fourth-order valence-electron chi connectivity index (χ4n) is 4.14. The molecule has 0 atom stereocenters. The van der Waals surface area contributed by atoms with Gasteiger partial charge in [0.05, 0.1) is 11.0 Å². The molecule has 0 saturated carbocycles. The van der Waals surface area contributed by atoms with Gasteiger partial charge in [0.1, 0.15) is 23.7 Å². The second-order valence-electron chi connectivity index (χ2n) is 8.89. The van der Waals surface area contributed by atoms with Crippen LogP contribution in [-0.2, 0) is 7.05 Å². The summed E-state index contributed by atoms with van der Waals surface area (Å²) < 4.78 is 58.6. The Kier molecular flexibility index (Phi) is 7.07. The molecule has 0 aliphatic carbocycles. The third-order valence-corrected chi connectivity index (χ3v) is 6.12. The predicted octanol–water partition coefficient (Wildman–Crippen LogP) is 6.31. The number of halogens is 4. The molecule has 8 nitrogen and oxygen atoms in total. The highest BCUT2D eigenvalue weighted by Crippen LogP contribution is 2.32. The summed E-state index contributed by atoms with van der Waals surface area (Å²) >= 11 is 0. The number of aryl methyl sites for hydroxylation is 1. The van der Waals surface area contributed by atoms with E-state index < -0.39 is 24.6 Å². The van der Waals surface area contributed by atoms with Crippen molar-refractivity contribution < 1.29 is 27.1 Å². The van der Waals surface area contributed by atoms with Gasteiger partial charge >= 0.3 is 6.18 Å². The first-order valence-electron chi connectivity index (χ1n) is 12.0. The van der Waals surface area contributed by atoms with Crippen LogP contribution in [0.25, 0.3) is 22.2 Å². The number of nitrogens with one attached hydrogen (secondary N) is 2.